The average Bonchev–Trinajstić information content (AvgIpc) is 3.36. The highest BCUT2D eigenvalue weighted by Gasteiger charge is 2.28. The fourth-order valence-corrected chi connectivity index (χ4v) is 3.94. The molecule has 5 rings (SSSR count). The minimum Gasteiger partial charge on any atom is -0.497 e. The van der Waals surface area contributed by atoms with E-state index < -0.39 is 5.97 Å². The van der Waals surface area contributed by atoms with Crippen LogP contribution in [0, 0.1) is 0 Å². The molecule has 0 spiro atoms. The lowest BCUT2D eigenvalue weighted by Gasteiger charge is -2.07. The fourth-order valence-electron chi connectivity index (χ4n) is 3.94. The summed E-state index contributed by atoms with van der Waals surface area (Å²) in [5.74, 6) is 0.719. The van der Waals surface area contributed by atoms with Crippen LogP contribution in [0.2, 0.25) is 0 Å². The van der Waals surface area contributed by atoms with Gasteiger partial charge in [-0.15, -0.1) is 0 Å². The third-order valence-electron chi connectivity index (χ3n) is 5.60. The van der Waals surface area contributed by atoms with Gasteiger partial charge in [0.1, 0.15) is 17.2 Å². The van der Waals surface area contributed by atoms with Gasteiger partial charge in [-0.25, -0.2) is 4.79 Å². The number of methoxy groups -OCH3 is 1. The van der Waals surface area contributed by atoms with Crippen molar-refractivity contribution in [2.75, 3.05) is 7.11 Å². The van der Waals surface area contributed by atoms with Gasteiger partial charge in [0, 0.05) is 35.3 Å². The van der Waals surface area contributed by atoms with Crippen LogP contribution in [0.4, 0.5) is 0 Å². The number of rotatable bonds is 5. The molecule has 0 N–H and O–H groups in total. The van der Waals surface area contributed by atoms with Crippen molar-refractivity contribution >= 4 is 28.7 Å². The van der Waals surface area contributed by atoms with Crippen molar-refractivity contribution in [3.63, 3.8) is 0 Å². The first-order chi connectivity index (χ1) is 16.1. The summed E-state index contributed by atoms with van der Waals surface area (Å²) in [6, 6.07) is 19.5. The van der Waals surface area contributed by atoms with Gasteiger partial charge in [-0.3, -0.25) is 4.79 Å². The van der Waals surface area contributed by atoms with Crippen LogP contribution in [0.5, 0.6) is 17.2 Å². The Kier molecular flexibility index (Phi) is 5.18. The number of aryl methyl sites for hydroxylation is 1. The Morgan fingerprint density at radius 2 is 1.88 bits per heavy atom. The van der Waals surface area contributed by atoms with Gasteiger partial charge in [0.25, 0.3) is 0 Å². The number of ketones is 1. The predicted octanol–water partition coefficient (Wildman–Crippen LogP) is 5.51. The van der Waals surface area contributed by atoms with Crippen LogP contribution in [0.25, 0.3) is 17.0 Å². The Labute approximate surface area is 190 Å². The van der Waals surface area contributed by atoms with Crippen LogP contribution in [0.15, 0.2) is 78.7 Å². The molecule has 0 radical (unpaired) electrons. The standard InChI is InChI=1S/C27H21NO5/c1-3-28-16-18(21-9-4-5-10-23(21)28)14-25-26(29)22-12-11-20(15-24(22)33-25)32-27(30)17-7-6-8-19(13-17)31-2/h4-16H,3H2,1-2H3/b25-14+. The first-order valence-electron chi connectivity index (χ1n) is 10.6. The number of esters is 1. The predicted molar refractivity (Wildman–Crippen MR) is 125 cm³/mol. The first-order valence-corrected chi connectivity index (χ1v) is 10.6. The van der Waals surface area contributed by atoms with Gasteiger partial charge >= 0.3 is 5.97 Å². The molecule has 0 unspecified atom stereocenters. The lowest BCUT2D eigenvalue weighted by atomic mass is 10.1. The smallest absolute Gasteiger partial charge is 0.343 e. The number of aromatic nitrogens is 1. The van der Waals surface area contributed by atoms with Crippen LogP contribution >= 0.6 is 0 Å². The van der Waals surface area contributed by atoms with E-state index >= 15 is 0 Å². The minimum absolute atomic E-state index is 0.205. The molecule has 0 aliphatic carbocycles. The molecule has 6 heteroatoms. The number of carbonyl (C=O) groups excluding carboxylic acids is 2. The number of hydrogen-bond acceptors (Lipinski definition) is 5. The molecule has 0 saturated carbocycles. The molecule has 33 heavy (non-hydrogen) atoms. The molecule has 0 fully saturated rings. The van der Waals surface area contributed by atoms with E-state index in [1.54, 1.807) is 48.5 Å². The first kappa shape index (κ1) is 20.6. The summed E-state index contributed by atoms with van der Waals surface area (Å²) >= 11 is 0. The van der Waals surface area contributed by atoms with Crippen molar-refractivity contribution in [1.82, 2.24) is 4.57 Å². The molecule has 1 aromatic heterocycles. The van der Waals surface area contributed by atoms with Crippen molar-refractivity contribution in [2.45, 2.75) is 13.5 Å². The zero-order valence-corrected chi connectivity index (χ0v) is 18.2. The Balaban J connectivity index is 1.41. The third kappa shape index (κ3) is 3.76. The molecule has 164 valence electrons. The summed E-state index contributed by atoms with van der Waals surface area (Å²) in [6.07, 6.45) is 3.78. The summed E-state index contributed by atoms with van der Waals surface area (Å²) < 4.78 is 18.6. The fraction of sp³-hybridized carbons (Fsp3) is 0.111. The molecule has 2 heterocycles. The molecule has 3 aromatic carbocycles. The molecule has 0 saturated heterocycles. The SMILES string of the molecule is CCn1cc(/C=C2/Oc3cc(OC(=O)c4cccc(OC)c4)ccc3C2=O)c2ccccc21. The second-order valence-corrected chi connectivity index (χ2v) is 7.61. The number of ether oxygens (including phenoxy) is 3. The van der Waals surface area contributed by atoms with Crippen LogP contribution in [-0.2, 0) is 6.54 Å². The van der Waals surface area contributed by atoms with Gasteiger partial charge in [0.2, 0.25) is 5.78 Å². The van der Waals surface area contributed by atoms with Crippen molar-refractivity contribution in [2.24, 2.45) is 0 Å². The van der Waals surface area contributed by atoms with E-state index in [0.29, 0.717) is 28.4 Å². The van der Waals surface area contributed by atoms with Gasteiger partial charge in [0.15, 0.2) is 5.76 Å². The molecule has 1 aliphatic rings. The second kappa shape index (κ2) is 8.31. The second-order valence-electron chi connectivity index (χ2n) is 7.61. The lowest BCUT2D eigenvalue weighted by molar-refractivity contribution is 0.0734. The van der Waals surface area contributed by atoms with Gasteiger partial charge < -0.3 is 18.8 Å². The van der Waals surface area contributed by atoms with Gasteiger partial charge in [-0.1, -0.05) is 24.3 Å². The maximum atomic E-state index is 12.9. The topological polar surface area (TPSA) is 66.8 Å². The molecule has 0 bridgehead atoms. The van der Waals surface area contributed by atoms with E-state index in [1.165, 1.54) is 7.11 Å². The summed E-state index contributed by atoms with van der Waals surface area (Å²) in [6.45, 7) is 2.89. The maximum Gasteiger partial charge on any atom is 0.343 e. The van der Waals surface area contributed by atoms with E-state index in [2.05, 4.69) is 17.6 Å². The number of Topliss-reactive ketones (excluding diaryl/α,β-unsaturated/α-hetero) is 1. The monoisotopic (exact) mass is 439 g/mol. The molecular formula is C27H21NO5. The van der Waals surface area contributed by atoms with Gasteiger partial charge in [0.05, 0.1) is 18.2 Å². The molecule has 4 aromatic rings. The number of allylic oxidation sites excluding steroid dienone is 1. The van der Waals surface area contributed by atoms with E-state index in [9.17, 15) is 9.59 Å². The third-order valence-corrected chi connectivity index (χ3v) is 5.60. The number of hydrogen-bond donors (Lipinski definition) is 0. The molecule has 1 aliphatic heterocycles. The van der Waals surface area contributed by atoms with Crippen molar-refractivity contribution in [3.8, 4) is 17.2 Å². The van der Waals surface area contributed by atoms with Crippen LogP contribution in [0.1, 0.15) is 33.2 Å². The maximum absolute atomic E-state index is 12.9. The number of carbonyl (C=O) groups is 2. The summed E-state index contributed by atoms with van der Waals surface area (Å²) in [7, 11) is 1.53. The molecule has 0 atom stereocenters. The number of benzene rings is 3. The Hall–Kier alpha value is -4.32. The Morgan fingerprint density at radius 1 is 1.03 bits per heavy atom. The molecule has 0 amide bonds. The van der Waals surface area contributed by atoms with Gasteiger partial charge in [-0.05, 0) is 49.4 Å². The molecule has 6 nitrogen and oxygen atoms in total. The van der Waals surface area contributed by atoms with Crippen molar-refractivity contribution in [1.29, 1.82) is 0 Å². The highest BCUT2D eigenvalue weighted by Crippen LogP contribution is 2.36. The number of fused-ring (bicyclic) bond motifs is 2. The average molecular weight is 439 g/mol. The summed E-state index contributed by atoms with van der Waals surface area (Å²) in [5, 5.41) is 1.05. The summed E-state index contributed by atoms with van der Waals surface area (Å²) in [4.78, 5) is 25.4. The Morgan fingerprint density at radius 3 is 2.70 bits per heavy atom. The Bertz CT molecular complexity index is 1430. The van der Waals surface area contributed by atoms with E-state index in [1.807, 2.05) is 24.4 Å². The number of nitrogens with zero attached hydrogens (tertiary/aromatic N) is 1. The van der Waals surface area contributed by atoms with E-state index in [-0.39, 0.29) is 11.5 Å². The minimum atomic E-state index is -0.527. The summed E-state index contributed by atoms with van der Waals surface area (Å²) in [5.41, 5.74) is 2.80. The highest BCUT2D eigenvalue weighted by atomic mass is 16.5. The van der Waals surface area contributed by atoms with Gasteiger partial charge in [-0.2, -0.15) is 0 Å². The van der Waals surface area contributed by atoms with Crippen LogP contribution in [-0.4, -0.2) is 23.4 Å². The van der Waals surface area contributed by atoms with E-state index in [0.717, 1.165) is 23.0 Å². The zero-order chi connectivity index (χ0) is 22.9. The normalized spacial score (nSPS) is 13.8. The molecular weight excluding hydrogens is 418 g/mol. The van der Waals surface area contributed by atoms with Crippen LogP contribution < -0.4 is 14.2 Å². The van der Waals surface area contributed by atoms with Crippen molar-refractivity contribution < 1.29 is 23.8 Å². The lowest BCUT2D eigenvalue weighted by Crippen LogP contribution is -2.08. The largest absolute Gasteiger partial charge is 0.497 e. The van der Waals surface area contributed by atoms with Crippen molar-refractivity contribution in [3.05, 3.63) is 95.4 Å². The zero-order valence-electron chi connectivity index (χ0n) is 18.2. The van der Waals surface area contributed by atoms with E-state index in [4.69, 9.17) is 14.2 Å². The quantitative estimate of drug-likeness (QED) is 0.233. The number of para-hydroxylation sites is 1. The highest BCUT2D eigenvalue weighted by molar-refractivity contribution is 6.15. The van der Waals surface area contributed by atoms with Crippen LogP contribution in [0.3, 0.4) is 0 Å².